The highest BCUT2D eigenvalue weighted by Gasteiger charge is 2.22. The molecule has 0 N–H and O–H groups in total. The topological polar surface area (TPSA) is 13.0 Å². The van der Waals surface area contributed by atoms with Gasteiger partial charge in [0.15, 0.2) is 0 Å². The van der Waals surface area contributed by atoms with Crippen molar-refractivity contribution in [2.45, 2.75) is 146 Å². The molecule has 0 aromatic rings. The molecule has 4 nitrogen and oxygen atoms in total. The van der Waals surface area contributed by atoms with Crippen molar-refractivity contribution in [2.24, 2.45) is 23.2 Å². The fourth-order valence-corrected chi connectivity index (χ4v) is 6.54. The molecule has 0 aromatic heterocycles. The molecular formula is C37H80N4. The summed E-state index contributed by atoms with van der Waals surface area (Å²) in [6, 6.07) is 0.868. The molecule has 2 aliphatic heterocycles. The van der Waals surface area contributed by atoms with Gasteiger partial charge in [0, 0.05) is 32.2 Å². The Labute approximate surface area is 261 Å². The van der Waals surface area contributed by atoms with E-state index in [0.29, 0.717) is 5.41 Å². The van der Waals surface area contributed by atoms with Gasteiger partial charge in [-0.25, -0.2) is 0 Å². The van der Waals surface area contributed by atoms with Crippen molar-refractivity contribution in [1.29, 1.82) is 0 Å². The first-order valence-corrected chi connectivity index (χ1v) is 18.1. The third-order valence-electron chi connectivity index (χ3n) is 8.33. The van der Waals surface area contributed by atoms with Gasteiger partial charge in [-0.05, 0) is 108 Å². The molecule has 0 aromatic carbocycles. The van der Waals surface area contributed by atoms with Crippen LogP contribution >= 0.6 is 0 Å². The summed E-state index contributed by atoms with van der Waals surface area (Å²) in [7, 11) is 2.29. The average Bonchev–Trinajstić information content (AvgIpc) is 3.40. The van der Waals surface area contributed by atoms with E-state index < -0.39 is 0 Å². The van der Waals surface area contributed by atoms with Crippen LogP contribution in [0.3, 0.4) is 0 Å². The first kappa shape index (κ1) is 40.8. The Balaban J connectivity index is 0.000000527. The lowest BCUT2D eigenvalue weighted by atomic mass is 9.91. The van der Waals surface area contributed by atoms with Crippen molar-refractivity contribution in [3.05, 3.63) is 0 Å². The molecule has 248 valence electrons. The number of rotatable bonds is 10. The molecule has 3 aliphatic rings. The van der Waals surface area contributed by atoms with Crippen LogP contribution < -0.4 is 0 Å². The van der Waals surface area contributed by atoms with Crippen LogP contribution in [0.1, 0.15) is 140 Å². The molecule has 0 atom stereocenters. The van der Waals surface area contributed by atoms with Crippen molar-refractivity contribution in [1.82, 2.24) is 19.6 Å². The second-order valence-corrected chi connectivity index (χ2v) is 15.8. The average molecular weight is 581 g/mol. The summed E-state index contributed by atoms with van der Waals surface area (Å²) in [4.78, 5) is 10.2. The van der Waals surface area contributed by atoms with Crippen LogP contribution in [0.25, 0.3) is 0 Å². The van der Waals surface area contributed by atoms with Gasteiger partial charge in [0.1, 0.15) is 0 Å². The molecule has 0 spiro atoms. The Hall–Kier alpha value is -0.160. The second kappa shape index (κ2) is 24.2. The zero-order valence-corrected chi connectivity index (χ0v) is 30.7. The van der Waals surface area contributed by atoms with Crippen molar-refractivity contribution in [3.63, 3.8) is 0 Å². The summed E-state index contributed by atoms with van der Waals surface area (Å²) in [5.74, 6) is 2.51. The number of likely N-dealkylation sites (tertiary alicyclic amines) is 2. The minimum absolute atomic E-state index is 0.451. The Morgan fingerprint density at radius 1 is 0.610 bits per heavy atom. The van der Waals surface area contributed by atoms with E-state index in [2.05, 4.69) is 103 Å². The standard InChI is InChI=1S/C12H25N.C9H19N.C8H17N.C8H19N/c1-12(2,3)10-13(4)11-8-6-5-7-9-11;1-9(2)8-10-6-4-3-5-7-10;1-8(2)7-9-5-3-4-6-9;1-5-9(6-2)7-8(3)4/h11H,5-10H2,1-4H3;9H,3-8H2,1-2H3;8H,3-7H2,1-2H3;8H,5-7H2,1-4H3. The molecular weight excluding hydrogens is 500 g/mol. The van der Waals surface area contributed by atoms with E-state index in [-0.39, 0.29) is 0 Å². The maximum Gasteiger partial charge on any atom is 0.00924 e. The Morgan fingerprint density at radius 3 is 1.32 bits per heavy atom. The summed E-state index contributed by atoms with van der Waals surface area (Å²) >= 11 is 0. The van der Waals surface area contributed by atoms with E-state index in [9.17, 15) is 0 Å². The van der Waals surface area contributed by atoms with Gasteiger partial charge in [-0.2, -0.15) is 0 Å². The minimum Gasteiger partial charge on any atom is -0.304 e. The summed E-state index contributed by atoms with van der Waals surface area (Å²) in [6.07, 6.45) is 14.3. The highest BCUT2D eigenvalue weighted by Crippen LogP contribution is 2.24. The molecule has 3 fully saturated rings. The van der Waals surface area contributed by atoms with Gasteiger partial charge < -0.3 is 19.6 Å². The number of hydrogen-bond acceptors (Lipinski definition) is 4. The summed E-state index contributed by atoms with van der Waals surface area (Å²) < 4.78 is 0. The largest absolute Gasteiger partial charge is 0.304 e. The first-order chi connectivity index (χ1) is 19.3. The third-order valence-corrected chi connectivity index (χ3v) is 8.33. The lowest BCUT2D eigenvalue weighted by Crippen LogP contribution is -2.38. The van der Waals surface area contributed by atoms with Crippen molar-refractivity contribution < 1.29 is 0 Å². The van der Waals surface area contributed by atoms with E-state index in [1.807, 2.05) is 0 Å². The Morgan fingerprint density at radius 2 is 1.00 bits per heavy atom. The lowest BCUT2D eigenvalue weighted by molar-refractivity contribution is 0.141. The molecule has 2 saturated heterocycles. The maximum absolute atomic E-state index is 2.59. The molecule has 1 saturated carbocycles. The zero-order chi connectivity index (χ0) is 31.3. The quantitative estimate of drug-likeness (QED) is 0.255. The van der Waals surface area contributed by atoms with Crippen molar-refractivity contribution in [2.75, 3.05) is 72.5 Å². The van der Waals surface area contributed by atoms with Gasteiger partial charge in [-0.3, -0.25) is 0 Å². The van der Waals surface area contributed by atoms with E-state index in [0.717, 1.165) is 23.8 Å². The Bertz CT molecular complexity index is 538. The van der Waals surface area contributed by atoms with Gasteiger partial charge in [0.2, 0.25) is 0 Å². The predicted octanol–water partition coefficient (Wildman–Crippen LogP) is 9.15. The van der Waals surface area contributed by atoms with Gasteiger partial charge in [0.05, 0.1) is 0 Å². The minimum atomic E-state index is 0.451. The van der Waals surface area contributed by atoms with Crippen LogP contribution in [0.5, 0.6) is 0 Å². The molecule has 0 radical (unpaired) electrons. The van der Waals surface area contributed by atoms with Gasteiger partial charge in [-0.1, -0.05) is 102 Å². The summed E-state index contributed by atoms with van der Waals surface area (Å²) in [6.45, 7) is 38.0. The molecule has 41 heavy (non-hydrogen) atoms. The number of hydrogen-bond donors (Lipinski definition) is 0. The first-order valence-electron chi connectivity index (χ1n) is 18.1. The van der Waals surface area contributed by atoms with E-state index in [1.165, 1.54) is 130 Å². The molecule has 0 unspecified atom stereocenters. The van der Waals surface area contributed by atoms with E-state index >= 15 is 0 Å². The molecule has 4 heteroatoms. The normalized spacial score (nSPS) is 19.2. The summed E-state index contributed by atoms with van der Waals surface area (Å²) in [5, 5.41) is 0. The number of piperidine rings is 1. The zero-order valence-electron chi connectivity index (χ0n) is 30.7. The fourth-order valence-electron chi connectivity index (χ4n) is 6.54. The van der Waals surface area contributed by atoms with E-state index in [4.69, 9.17) is 0 Å². The van der Waals surface area contributed by atoms with Crippen LogP contribution in [0.4, 0.5) is 0 Å². The third kappa shape index (κ3) is 24.9. The highest BCUT2D eigenvalue weighted by molar-refractivity contribution is 4.77. The van der Waals surface area contributed by atoms with Crippen LogP contribution in [0.2, 0.25) is 0 Å². The second-order valence-electron chi connectivity index (χ2n) is 15.8. The van der Waals surface area contributed by atoms with Crippen molar-refractivity contribution >= 4 is 0 Å². The SMILES string of the molecule is CC(C)CN1CCCC1.CC(C)CN1CCCCC1.CCN(CC)CC(C)C.CN(CC(C)(C)C)C1CCCCC1. The van der Waals surface area contributed by atoms with E-state index in [1.54, 1.807) is 0 Å². The highest BCUT2D eigenvalue weighted by atomic mass is 15.1. The smallest absolute Gasteiger partial charge is 0.00924 e. The van der Waals surface area contributed by atoms with Gasteiger partial charge >= 0.3 is 0 Å². The van der Waals surface area contributed by atoms with Crippen LogP contribution in [0, 0.1) is 23.2 Å². The lowest BCUT2D eigenvalue weighted by Gasteiger charge is -2.35. The molecule has 0 amide bonds. The van der Waals surface area contributed by atoms with Gasteiger partial charge in [0.25, 0.3) is 0 Å². The number of nitrogens with zero attached hydrogens (tertiary/aromatic N) is 4. The van der Waals surface area contributed by atoms with Gasteiger partial charge in [-0.15, -0.1) is 0 Å². The van der Waals surface area contributed by atoms with Crippen LogP contribution in [-0.2, 0) is 0 Å². The fraction of sp³-hybridized carbons (Fsp3) is 1.00. The molecule has 3 rings (SSSR count). The van der Waals surface area contributed by atoms with Crippen LogP contribution in [0.15, 0.2) is 0 Å². The predicted molar refractivity (Wildman–Crippen MR) is 187 cm³/mol. The Kier molecular flexibility index (Phi) is 24.1. The monoisotopic (exact) mass is 581 g/mol. The van der Waals surface area contributed by atoms with Crippen molar-refractivity contribution in [3.8, 4) is 0 Å². The summed E-state index contributed by atoms with van der Waals surface area (Å²) in [5.41, 5.74) is 0.451. The molecule has 1 aliphatic carbocycles. The molecule has 2 heterocycles. The molecule has 0 bridgehead atoms. The van der Waals surface area contributed by atoms with Crippen LogP contribution in [-0.4, -0.2) is 98.1 Å². The maximum atomic E-state index is 2.59.